The summed E-state index contributed by atoms with van der Waals surface area (Å²) in [6.45, 7) is 3.03. The fourth-order valence-corrected chi connectivity index (χ4v) is 3.08. The van der Waals surface area contributed by atoms with Gasteiger partial charge in [0.05, 0.1) is 30.1 Å². The van der Waals surface area contributed by atoms with Crippen LogP contribution in [0, 0.1) is 11.3 Å². The molecule has 2 heterocycles. The van der Waals surface area contributed by atoms with Crippen LogP contribution >= 0.6 is 0 Å². The molecule has 1 amide bonds. The Bertz CT molecular complexity index is 1070. The molecule has 30 heavy (non-hydrogen) atoms. The molecule has 3 rings (SSSR count). The van der Waals surface area contributed by atoms with Gasteiger partial charge < -0.3 is 15.8 Å². The summed E-state index contributed by atoms with van der Waals surface area (Å²) in [6.07, 6.45) is 8.22. The van der Waals surface area contributed by atoms with Crippen LogP contribution in [-0.4, -0.2) is 32.8 Å². The lowest BCUT2D eigenvalue weighted by molar-refractivity contribution is 0.1000. The lowest BCUT2D eigenvalue weighted by atomic mass is 9.94. The summed E-state index contributed by atoms with van der Waals surface area (Å²) in [6, 6.07) is 5.49. The highest BCUT2D eigenvalue weighted by Crippen LogP contribution is 2.20. The molecule has 0 aliphatic carbocycles. The maximum atomic E-state index is 11.7. The van der Waals surface area contributed by atoms with Crippen LogP contribution in [0.15, 0.2) is 36.9 Å². The fraction of sp³-hybridized carbons (Fsp3) is 0.286. The number of ether oxygens (including phenoxy) is 1. The molecule has 0 atom stereocenters. The van der Waals surface area contributed by atoms with Gasteiger partial charge >= 0.3 is 0 Å². The van der Waals surface area contributed by atoms with E-state index in [2.05, 4.69) is 26.5 Å². The first kappa shape index (κ1) is 21.0. The minimum atomic E-state index is -0.539. The second-order valence-corrected chi connectivity index (χ2v) is 6.70. The molecular weight excluding hydrogens is 382 g/mol. The normalized spacial score (nSPS) is 10.6. The number of anilines is 2. The lowest BCUT2D eigenvalue weighted by Gasteiger charge is -2.11. The Kier molecular flexibility index (Phi) is 6.72. The maximum absolute atomic E-state index is 11.7. The molecular formula is C21H23N7O2. The van der Waals surface area contributed by atoms with Crippen molar-refractivity contribution < 1.29 is 9.53 Å². The van der Waals surface area contributed by atoms with Crippen molar-refractivity contribution in [1.29, 1.82) is 5.26 Å². The van der Waals surface area contributed by atoms with Gasteiger partial charge in [0.1, 0.15) is 0 Å². The molecule has 9 nitrogen and oxygen atoms in total. The van der Waals surface area contributed by atoms with E-state index in [1.807, 2.05) is 17.8 Å². The molecule has 0 saturated carbocycles. The third kappa shape index (κ3) is 4.98. The third-order valence-corrected chi connectivity index (χ3v) is 4.60. The van der Waals surface area contributed by atoms with E-state index in [4.69, 9.17) is 10.5 Å². The highest BCUT2D eigenvalue weighted by Gasteiger charge is 2.14. The minimum Gasteiger partial charge on any atom is -0.380 e. The topological polar surface area (TPSA) is 132 Å². The molecule has 0 aliphatic heterocycles. The van der Waals surface area contributed by atoms with E-state index >= 15 is 0 Å². The van der Waals surface area contributed by atoms with Gasteiger partial charge in [-0.05, 0) is 48.6 Å². The van der Waals surface area contributed by atoms with E-state index < -0.39 is 5.91 Å². The number of methoxy groups -OCH3 is 1. The number of amides is 1. The Balaban J connectivity index is 1.73. The number of nitriles is 1. The van der Waals surface area contributed by atoms with Crippen molar-refractivity contribution in [2.45, 2.75) is 32.9 Å². The van der Waals surface area contributed by atoms with E-state index in [0.717, 1.165) is 23.4 Å². The molecule has 3 N–H and O–H groups in total. The number of nitrogens with zero attached hydrogens (tertiary/aromatic N) is 5. The van der Waals surface area contributed by atoms with Gasteiger partial charge in [0.2, 0.25) is 11.9 Å². The van der Waals surface area contributed by atoms with Crippen LogP contribution in [-0.2, 0) is 30.7 Å². The summed E-state index contributed by atoms with van der Waals surface area (Å²) in [5.74, 6) is -0.0616. The number of nitrogens with two attached hydrogens (primary N) is 1. The van der Waals surface area contributed by atoms with E-state index in [-0.39, 0.29) is 6.61 Å². The van der Waals surface area contributed by atoms with Crippen LogP contribution in [0.5, 0.6) is 0 Å². The standard InChI is InChI=1S/C21H23N7O2/c1-3-28-12-18(11-26-28)27-21-24-9-14(10-25-21)4-5-15-6-16(20(23)29)7-17(13-30-2)19(15)8-22/h6-7,9-12H,3-5,13H2,1-2H3,(H2,23,29)(H,24,25,27). The first-order valence-corrected chi connectivity index (χ1v) is 9.49. The predicted molar refractivity (Wildman–Crippen MR) is 111 cm³/mol. The van der Waals surface area contributed by atoms with Crippen LogP contribution < -0.4 is 11.1 Å². The summed E-state index contributed by atoms with van der Waals surface area (Å²) < 4.78 is 6.96. The van der Waals surface area contributed by atoms with Crippen molar-refractivity contribution in [2.24, 2.45) is 5.73 Å². The van der Waals surface area contributed by atoms with Crippen molar-refractivity contribution in [3.63, 3.8) is 0 Å². The number of rotatable bonds is 9. The summed E-state index contributed by atoms with van der Waals surface area (Å²) in [5.41, 5.74) is 9.43. The first-order valence-electron chi connectivity index (χ1n) is 9.49. The number of aromatic nitrogens is 4. The molecule has 2 aromatic heterocycles. The Hall–Kier alpha value is -3.77. The van der Waals surface area contributed by atoms with Crippen LogP contribution in [0.2, 0.25) is 0 Å². The van der Waals surface area contributed by atoms with Gasteiger partial charge in [0.15, 0.2) is 0 Å². The van der Waals surface area contributed by atoms with Gasteiger partial charge in [-0.3, -0.25) is 9.48 Å². The quantitative estimate of drug-likeness (QED) is 0.558. The SMILES string of the molecule is CCn1cc(Nc2ncc(CCc3cc(C(N)=O)cc(COC)c3C#N)cn2)cn1. The maximum Gasteiger partial charge on any atom is 0.248 e. The number of hydrogen-bond acceptors (Lipinski definition) is 7. The molecule has 9 heteroatoms. The number of carbonyl (C=O) groups excluding carboxylic acids is 1. The van der Waals surface area contributed by atoms with Crippen LogP contribution in [0.3, 0.4) is 0 Å². The Morgan fingerprint density at radius 1 is 1.23 bits per heavy atom. The predicted octanol–water partition coefficient (Wildman–Crippen LogP) is 2.34. The second-order valence-electron chi connectivity index (χ2n) is 6.70. The number of primary amides is 1. The number of benzene rings is 1. The van der Waals surface area contributed by atoms with Crippen molar-refractivity contribution in [3.05, 3.63) is 64.7 Å². The Labute approximate surface area is 174 Å². The van der Waals surface area contributed by atoms with Crippen molar-refractivity contribution in [2.75, 3.05) is 12.4 Å². The zero-order chi connectivity index (χ0) is 21.5. The van der Waals surface area contributed by atoms with Crippen LogP contribution in [0.25, 0.3) is 0 Å². The highest BCUT2D eigenvalue weighted by molar-refractivity contribution is 5.93. The smallest absolute Gasteiger partial charge is 0.248 e. The van der Waals surface area contributed by atoms with E-state index in [1.54, 1.807) is 30.7 Å². The van der Waals surface area contributed by atoms with E-state index in [1.165, 1.54) is 7.11 Å². The van der Waals surface area contributed by atoms with Gasteiger partial charge in [0.25, 0.3) is 0 Å². The zero-order valence-corrected chi connectivity index (χ0v) is 16.9. The van der Waals surface area contributed by atoms with Crippen LogP contribution in [0.1, 0.15) is 39.5 Å². The number of hydrogen-bond donors (Lipinski definition) is 2. The van der Waals surface area contributed by atoms with Gasteiger partial charge in [-0.2, -0.15) is 10.4 Å². The van der Waals surface area contributed by atoms with Crippen molar-refractivity contribution in [1.82, 2.24) is 19.7 Å². The van der Waals surface area contributed by atoms with E-state index in [0.29, 0.717) is 35.5 Å². The number of carbonyl (C=O) groups is 1. The minimum absolute atomic E-state index is 0.231. The summed E-state index contributed by atoms with van der Waals surface area (Å²) >= 11 is 0. The fourth-order valence-electron chi connectivity index (χ4n) is 3.08. The van der Waals surface area contributed by atoms with Crippen LogP contribution in [0.4, 0.5) is 11.6 Å². The van der Waals surface area contributed by atoms with Gasteiger partial charge in [-0.25, -0.2) is 9.97 Å². The molecule has 0 spiro atoms. The average Bonchev–Trinajstić information content (AvgIpc) is 3.20. The molecule has 0 saturated heterocycles. The zero-order valence-electron chi connectivity index (χ0n) is 16.9. The molecule has 0 radical (unpaired) electrons. The second kappa shape index (κ2) is 9.62. The molecule has 0 fully saturated rings. The molecule has 0 aliphatic rings. The molecule has 1 aromatic carbocycles. The third-order valence-electron chi connectivity index (χ3n) is 4.60. The highest BCUT2D eigenvalue weighted by atomic mass is 16.5. The van der Waals surface area contributed by atoms with Crippen molar-refractivity contribution >= 4 is 17.5 Å². The van der Waals surface area contributed by atoms with Crippen molar-refractivity contribution in [3.8, 4) is 6.07 Å². The monoisotopic (exact) mass is 405 g/mol. The number of nitrogens with one attached hydrogen (secondary N) is 1. The van der Waals surface area contributed by atoms with Gasteiger partial charge in [-0.1, -0.05) is 0 Å². The molecule has 0 unspecified atom stereocenters. The summed E-state index contributed by atoms with van der Waals surface area (Å²) in [7, 11) is 1.54. The number of aryl methyl sites for hydroxylation is 3. The molecule has 154 valence electrons. The average molecular weight is 405 g/mol. The lowest BCUT2D eigenvalue weighted by Crippen LogP contribution is -2.13. The first-order chi connectivity index (χ1) is 14.5. The molecule has 0 bridgehead atoms. The van der Waals surface area contributed by atoms with Gasteiger partial charge in [-0.15, -0.1) is 0 Å². The Morgan fingerprint density at radius 2 is 1.97 bits per heavy atom. The molecule has 3 aromatic rings. The summed E-state index contributed by atoms with van der Waals surface area (Å²) in [5, 5.41) is 16.9. The summed E-state index contributed by atoms with van der Waals surface area (Å²) in [4.78, 5) is 20.3. The largest absolute Gasteiger partial charge is 0.380 e. The van der Waals surface area contributed by atoms with E-state index in [9.17, 15) is 10.1 Å². The van der Waals surface area contributed by atoms with Gasteiger partial charge in [0, 0.05) is 37.8 Å². The Morgan fingerprint density at radius 3 is 2.57 bits per heavy atom.